The Hall–Kier alpha value is -1.65. The van der Waals surface area contributed by atoms with E-state index in [1.165, 1.54) is 50.0 Å². The molecule has 1 aromatic carbocycles. The van der Waals surface area contributed by atoms with Crippen LogP contribution < -0.4 is 5.32 Å². The van der Waals surface area contributed by atoms with E-state index in [9.17, 15) is 0 Å². The van der Waals surface area contributed by atoms with Crippen LogP contribution >= 0.6 is 0 Å². The molecular formula is C21H30N4. The van der Waals surface area contributed by atoms with Crippen molar-refractivity contribution in [3.63, 3.8) is 0 Å². The van der Waals surface area contributed by atoms with Crippen molar-refractivity contribution in [2.24, 2.45) is 0 Å². The van der Waals surface area contributed by atoms with Crippen molar-refractivity contribution in [1.82, 2.24) is 20.0 Å². The van der Waals surface area contributed by atoms with Crippen LogP contribution in [0, 0.1) is 13.8 Å². The Morgan fingerprint density at radius 2 is 1.96 bits per heavy atom. The second kappa shape index (κ2) is 7.30. The first-order valence-corrected chi connectivity index (χ1v) is 9.79. The fourth-order valence-electron chi connectivity index (χ4n) is 4.52. The highest BCUT2D eigenvalue weighted by molar-refractivity contribution is 5.36. The Bertz CT molecular complexity index is 703. The summed E-state index contributed by atoms with van der Waals surface area (Å²) in [5.74, 6) is 0. The van der Waals surface area contributed by atoms with E-state index in [2.05, 4.69) is 52.6 Å². The Labute approximate surface area is 151 Å². The number of aryl methyl sites for hydroxylation is 2. The summed E-state index contributed by atoms with van der Waals surface area (Å²) >= 11 is 0. The molecule has 4 heteroatoms. The van der Waals surface area contributed by atoms with Gasteiger partial charge in [0.05, 0.1) is 11.4 Å². The van der Waals surface area contributed by atoms with Gasteiger partial charge >= 0.3 is 0 Å². The fourth-order valence-corrected chi connectivity index (χ4v) is 4.52. The maximum Gasteiger partial charge on any atom is 0.0648 e. The number of piperidine rings is 1. The quantitative estimate of drug-likeness (QED) is 0.908. The van der Waals surface area contributed by atoms with Gasteiger partial charge in [-0.25, -0.2) is 4.68 Å². The van der Waals surface area contributed by atoms with Crippen molar-refractivity contribution in [3.05, 3.63) is 47.3 Å². The van der Waals surface area contributed by atoms with Gasteiger partial charge in [0, 0.05) is 17.8 Å². The Balaban J connectivity index is 1.28. The molecule has 0 unspecified atom stereocenters. The summed E-state index contributed by atoms with van der Waals surface area (Å²) in [5.41, 5.74) is 4.80. The molecular weight excluding hydrogens is 308 g/mol. The minimum absolute atomic E-state index is 0.716. The van der Waals surface area contributed by atoms with Crippen LogP contribution in [0.5, 0.6) is 0 Å². The second-order valence-electron chi connectivity index (χ2n) is 7.76. The van der Waals surface area contributed by atoms with Gasteiger partial charge in [0.2, 0.25) is 0 Å². The molecule has 0 amide bonds. The van der Waals surface area contributed by atoms with Crippen LogP contribution in [0.3, 0.4) is 0 Å². The molecule has 2 aliphatic rings. The first kappa shape index (κ1) is 16.8. The van der Waals surface area contributed by atoms with Crippen LogP contribution in [0.2, 0.25) is 0 Å². The van der Waals surface area contributed by atoms with Crippen LogP contribution in [0.4, 0.5) is 0 Å². The zero-order chi connectivity index (χ0) is 17.2. The first-order valence-electron chi connectivity index (χ1n) is 9.79. The number of nitrogens with zero attached hydrogens (tertiary/aromatic N) is 3. The predicted octanol–water partition coefficient (Wildman–Crippen LogP) is 3.25. The van der Waals surface area contributed by atoms with Gasteiger partial charge in [-0.1, -0.05) is 12.1 Å². The number of rotatable bonds is 5. The molecule has 1 aromatic heterocycles. The van der Waals surface area contributed by atoms with Crippen molar-refractivity contribution in [3.8, 4) is 5.69 Å². The number of hydrogen-bond acceptors (Lipinski definition) is 3. The molecule has 0 spiro atoms. The molecule has 2 aromatic rings. The molecule has 0 saturated carbocycles. The molecule has 4 rings (SSSR count). The van der Waals surface area contributed by atoms with Gasteiger partial charge in [0.1, 0.15) is 0 Å². The topological polar surface area (TPSA) is 33.1 Å². The summed E-state index contributed by atoms with van der Waals surface area (Å²) in [6.07, 6.45) is 6.57. The van der Waals surface area contributed by atoms with Gasteiger partial charge in [-0.3, -0.25) is 0 Å². The maximum absolute atomic E-state index is 4.56. The Kier molecular flexibility index (Phi) is 4.91. The van der Waals surface area contributed by atoms with Crippen molar-refractivity contribution in [2.45, 2.75) is 58.0 Å². The molecule has 2 saturated heterocycles. The number of fused-ring (bicyclic) bond motifs is 1. The molecule has 2 atom stereocenters. The summed E-state index contributed by atoms with van der Waals surface area (Å²) in [6, 6.07) is 12.5. The Morgan fingerprint density at radius 3 is 2.72 bits per heavy atom. The highest BCUT2D eigenvalue weighted by Gasteiger charge is 2.31. The first-order chi connectivity index (χ1) is 12.2. The molecule has 2 aliphatic heterocycles. The third-order valence-corrected chi connectivity index (χ3v) is 5.86. The molecule has 4 nitrogen and oxygen atoms in total. The van der Waals surface area contributed by atoms with E-state index < -0.39 is 0 Å². The van der Waals surface area contributed by atoms with E-state index in [1.54, 1.807) is 0 Å². The molecule has 3 heterocycles. The van der Waals surface area contributed by atoms with Crippen LogP contribution in [-0.4, -0.2) is 46.4 Å². The van der Waals surface area contributed by atoms with Crippen molar-refractivity contribution in [1.29, 1.82) is 0 Å². The highest BCUT2D eigenvalue weighted by atomic mass is 15.3. The molecule has 2 fully saturated rings. The molecule has 1 N–H and O–H groups in total. The van der Waals surface area contributed by atoms with Gasteiger partial charge in [-0.2, -0.15) is 5.10 Å². The normalized spacial score (nSPS) is 23.8. The summed E-state index contributed by atoms with van der Waals surface area (Å²) in [6.45, 7) is 7.85. The van der Waals surface area contributed by atoms with E-state index in [4.69, 9.17) is 0 Å². The van der Waals surface area contributed by atoms with Gasteiger partial charge in [0.15, 0.2) is 0 Å². The van der Waals surface area contributed by atoms with Crippen molar-refractivity contribution in [2.75, 3.05) is 19.6 Å². The minimum Gasteiger partial charge on any atom is -0.314 e. The third kappa shape index (κ3) is 3.80. The molecule has 0 radical (unpaired) electrons. The lowest BCUT2D eigenvalue weighted by atomic mass is 9.97. The van der Waals surface area contributed by atoms with Crippen LogP contribution in [0.1, 0.15) is 42.6 Å². The lowest BCUT2D eigenvalue weighted by Gasteiger charge is -2.35. The number of aromatic nitrogens is 2. The SMILES string of the molecule is Cc1cc(C)n(-c2ccc(CCN[C@@H]3CCN4CCC[C@H]4C3)cc2)n1. The second-order valence-corrected chi connectivity index (χ2v) is 7.76. The van der Waals surface area contributed by atoms with E-state index in [0.29, 0.717) is 6.04 Å². The minimum atomic E-state index is 0.716. The van der Waals surface area contributed by atoms with E-state index in [0.717, 1.165) is 30.4 Å². The largest absolute Gasteiger partial charge is 0.314 e. The van der Waals surface area contributed by atoms with Crippen LogP contribution in [-0.2, 0) is 6.42 Å². The van der Waals surface area contributed by atoms with E-state index in [-0.39, 0.29) is 0 Å². The molecule has 0 bridgehead atoms. The number of hydrogen-bond donors (Lipinski definition) is 1. The summed E-state index contributed by atoms with van der Waals surface area (Å²) in [7, 11) is 0. The van der Waals surface area contributed by atoms with Crippen LogP contribution in [0.25, 0.3) is 5.69 Å². The summed E-state index contributed by atoms with van der Waals surface area (Å²) in [5, 5.41) is 8.36. The molecule has 25 heavy (non-hydrogen) atoms. The summed E-state index contributed by atoms with van der Waals surface area (Å²) < 4.78 is 2.02. The lowest BCUT2D eigenvalue weighted by molar-refractivity contribution is 0.167. The third-order valence-electron chi connectivity index (χ3n) is 5.86. The fraction of sp³-hybridized carbons (Fsp3) is 0.571. The number of benzene rings is 1. The highest BCUT2D eigenvalue weighted by Crippen LogP contribution is 2.26. The zero-order valence-corrected chi connectivity index (χ0v) is 15.5. The van der Waals surface area contributed by atoms with E-state index >= 15 is 0 Å². The zero-order valence-electron chi connectivity index (χ0n) is 15.5. The number of nitrogens with one attached hydrogen (secondary N) is 1. The van der Waals surface area contributed by atoms with E-state index in [1.807, 2.05) is 11.6 Å². The smallest absolute Gasteiger partial charge is 0.0648 e. The van der Waals surface area contributed by atoms with Gasteiger partial charge < -0.3 is 10.2 Å². The van der Waals surface area contributed by atoms with Gasteiger partial charge in [0.25, 0.3) is 0 Å². The average Bonchev–Trinajstić information content (AvgIpc) is 3.21. The standard InChI is InChI=1S/C21H30N4/c1-16-14-17(2)25(23-16)20-7-5-18(6-8-20)9-11-22-19-10-13-24-12-3-4-21(24)15-19/h5-8,14,19,21-22H,3-4,9-13,15H2,1-2H3/t19-,21+/m1/s1. The monoisotopic (exact) mass is 338 g/mol. The average molecular weight is 338 g/mol. The maximum atomic E-state index is 4.56. The summed E-state index contributed by atoms with van der Waals surface area (Å²) in [4.78, 5) is 2.69. The lowest BCUT2D eigenvalue weighted by Crippen LogP contribution is -2.46. The van der Waals surface area contributed by atoms with Crippen molar-refractivity contribution >= 4 is 0 Å². The van der Waals surface area contributed by atoms with Crippen molar-refractivity contribution < 1.29 is 0 Å². The van der Waals surface area contributed by atoms with Crippen LogP contribution in [0.15, 0.2) is 30.3 Å². The molecule has 134 valence electrons. The predicted molar refractivity (Wildman–Crippen MR) is 102 cm³/mol. The van der Waals surface area contributed by atoms with Gasteiger partial charge in [-0.15, -0.1) is 0 Å². The van der Waals surface area contributed by atoms with Gasteiger partial charge in [-0.05, 0) is 89.3 Å². The molecule has 0 aliphatic carbocycles. The Morgan fingerprint density at radius 1 is 1.12 bits per heavy atom.